The largest absolute Gasteiger partial charge is 0.496 e. The van der Waals surface area contributed by atoms with Gasteiger partial charge in [0.25, 0.3) is 0 Å². The van der Waals surface area contributed by atoms with Crippen LogP contribution in [-0.2, 0) is 4.79 Å². The highest BCUT2D eigenvalue weighted by atomic mass is 16.5. The number of aryl methyl sites for hydroxylation is 1. The highest BCUT2D eigenvalue weighted by molar-refractivity contribution is 5.80. The van der Waals surface area contributed by atoms with E-state index in [1.807, 2.05) is 26.0 Å². The molecule has 1 aromatic carbocycles. The first-order valence-electron chi connectivity index (χ1n) is 7.18. The van der Waals surface area contributed by atoms with E-state index in [1.54, 1.807) is 7.11 Å². The van der Waals surface area contributed by atoms with Crippen LogP contribution < -0.4 is 15.4 Å². The van der Waals surface area contributed by atoms with Gasteiger partial charge in [0.2, 0.25) is 5.91 Å². The number of carbonyl (C=O) groups is 1. The van der Waals surface area contributed by atoms with Crippen LogP contribution in [0.5, 0.6) is 5.75 Å². The van der Waals surface area contributed by atoms with Crippen molar-refractivity contribution >= 4 is 5.91 Å². The molecule has 1 heterocycles. The fraction of sp³-hybridized carbons (Fsp3) is 0.562. The number of ether oxygens (including phenoxy) is 1. The van der Waals surface area contributed by atoms with Gasteiger partial charge in [0.1, 0.15) is 5.75 Å². The minimum atomic E-state index is -0.0508. The van der Waals surface area contributed by atoms with Gasteiger partial charge in [0, 0.05) is 12.1 Å². The zero-order valence-corrected chi connectivity index (χ0v) is 12.7. The van der Waals surface area contributed by atoms with E-state index < -0.39 is 0 Å². The summed E-state index contributed by atoms with van der Waals surface area (Å²) in [5, 5.41) is 6.37. The lowest BCUT2D eigenvalue weighted by molar-refractivity contribution is -0.126. The maximum Gasteiger partial charge on any atom is 0.225 e. The molecule has 2 rings (SSSR count). The van der Waals surface area contributed by atoms with Gasteiger partial charge in [-0.3, -0.25) is 4.79 Å². The van der Waals surface area contributed by atoms with Gasteiger partial charge in [-0.2, -0.15) is 0 Å². The number of amides is 1. The monoisotopic (exact) mass is 276 g/mol. The summed E-state index contributed by atoms with van der Waals surface area (Å²) in [6.45, 7) is 7.84. The molecule has 0 radical (unpaired) electrons. The van der Waals surface area contributed by atoms with Gasteiger partial charge < -0.3 is 15.4 Å². The molecule has 110 valence electrons. The van der Waals surface area contributed by atoms with Crippen molar-refractivity contribution in [3.63, 3.8) is 0 Å². The molecule has 4 heteroatoms. The SMILES string of the molecule is COc1ccc(C)cc1C(C)NC(=O)C1CNCC1C. The second-order valence-corrected chi connectivity index (χ2v) is 5.72. The Bertz CT molecular complexity index is 487. The first-order chi connectivity index (χ1) is 9.52. The molecule has 20 heavy (non-hydrogen) atoms. The Morgan fingerprint density at radius 2 is 2.20 bits per heavy atom. The highest BCUT2D eigenvalue weighted by Crippen LogP contribution is 2.27. The van der Waals surface area contributed by atoms with Gasteiger partial charge in [0.15, 0.2) is 0 Å². The fourth-order valence-electron chi connectivity index (χ4n) is 2.75. The second kappa shape index (κ2) is 6.27. The summed E-state index contributed by atoms with van der Waals surface area (Å²) in [5.41, 5.74) is 2.19. The molecule has 0 saturated carbocycles. The van der Waals surface area contributed by atoms with E-state index in [2.05, 4.69) is 23.6 Å². The summed E-state index contributed by atoms with van der Waals surface area (Å²) in [5.74, 6) is 1.40. The number of methoxy groups -OCH3 is 1. The predicted molar refractivity (Wildman–Crippen MR) is 79.8 cm³/mol. The van der Waals surface area contributed by atoms with Crippen LogP contribution in [0.25, 0.3) is 0 Å². The van der Waals surface area contributed by atoms with Crippen molar-refractivity contribution < 1.29 is 9.53 Å². The summed E-state index contributed by atoms with van der Waals surface area (Å²) in [6, 6.07) is 5.98. The Labute approximate surface area is 120 Å². The Hall–Kier alpha value is -1.55. The summed E-state index contributed by atoms with van der Waals surface area (Å²) >= 11 is 0. The number of carbonyl (C=O) groups excluding carboxylic acids is 1. The molecule has 3 atom stereocenters. The topological polar surface area (TPSA) is 50.4 Å². The van der Waals surface area contributed by atoms with E-state index in [0.717, 1.165) is 30.0 Å². The van der Waals surface area contributed by atoms with E-state index in [0.29, 0.717) is 5.92 Å². The van der Waals surface area contributed by atoms with Crippen molar-refractivity contribution in [1.82, 2.24) is 10.6 Å². The van der Waals surface area contributed by atoms with E-state index in [-0.39, 0.29) is 17.9 Å². The van der Waals surface area contributed by atoms with Crippen LogP contribution in [-0.4, -0.2) is 26.1 Å². The Morgan fingerprint density at radius 1 is 1.45 bits per heavy atom. The highest BCUT2D eigenvalue weighted by Gasteiger charge is 2.30. The third-order valence-corrected chi connectivity index (χ3v) is 4.06. The normalized spacial score (nSPS) is 23.4. The molecule has 0 bridgehead atoms. The first kappa shape index (κ1) is 14.9. The van der Waals surface area contributed by atoms with Crippen LogP contribution in [0.1, 0.15) is 31.0 Å². The van der Waals surface area contributed by atoms with Gasteiger partial charge >= 0.3 is 0 Å². The molecule has 4 nitrogen and oxygen atoms in total. The van der Waals surface area contributed by atoms with Crippen molar-refractivity contribution in [3.05, 3.63) is 29.3 Å². The quantitative estimate of drug-likeness (QED) is 0.885. The Balaban J connectivity index is 2.09. The second-order valence-electron chi connectivity index (χ2n) is 5.72. The third-order valence-electron chi connectivity index (χ3n) is 4.06. The summed E-state index contributed by atoms with van der Waals surface area (Å²) in [7, 11) is 1.66. The molecule has 2 N–H and O–H groups in total. The molecule has 1 aromatic rings. The van der Waals surface area contributed by atoms with Crippen LogP contribution in [0.4, 0.5) is 0 Å². The number of benzene rings is 1. The smallest absolute Gasteiger partial charge is 0.225 e. The molecule has 1 aliphatic heterocycles. The summed E-state index contributed by atoms with van der Waals surface area (Å²) < 4.78 is 5.39. The molecule has 1 fully saturated rings. The van der Waals surface area contributed by atoms with E-state index in [4.69, 9.17) is 4.74 Å². The van der Waals surface area contributed by atoms with E-state index in [1.165, 1.54) is 0 Å². The van der Waals surface area contributed by atoms with Gasteiger partial charge in [-0.1, -0.05) is 24.6 Å². The summed E-state index contributed by atoms with van der Waals surface area (Å²) in [6.07, 6.45) is 0. The van der Waals surface area contributed by atoms with Crippen LogP contribution in [0, 0.1) is 18.8 Å². The van der Waals surface area contributed by atoms with Gasteiger partial charge in [-0.15, -0.1) is 0 Å². The van der Waals surface area contributed by atoms with Crippen LogP contribution in [0.15, 0.2) is 18.2 Å². The average molecular weight is 276 g/mol. The molecule has 0 spiro atoms. The van der Waals surface area contributed by atoms with Crippen molar-refractivity contribution in [2.45, 2.75) is 26.8 Å². The van der Waals surface area contributed by atoms with Gasteiger partial charge in [-0.05, 0) is 32.4 Å². The molecular formula is C16H24N2O2. The zero-order valence-electron chi connectivity index (χ0n) is 12.7. The fourth-order valence-corrected chi connectivity index (χ4v) is 2.75. The van der Waals surface area contributed by atoms with Crippen molar-refractivity contribution in [2.75, 3.05) is 20.2 Å². The minimum absolute atomic E-state index is 0.0508. The lowest BCUT2D eigenvalue weighted by Crippen LogP contribution is -2.36. The summed E-state index contributed by atoms with van der Waals surface area (Å²) in [4.78, 5) is 12.3. The molecule has 1 saturated heterocycles. The lowest BCUT2D eigenvalue weighted by atomic mass is 9.96. The lowest BCUT2D eigenvalue weighted by Gasteiger charge is -2.21. The molecular weight excluding hydrogens is 252 g/mol. The molecule has 3 unspecified atom stereocenters. The van der Waals surface area contributed by atoms with E-state index >= 15 is 0 Å². The third kappa shape index (κ3) is 3.12. The Kier molecular flexibility index (Phi) is 4.65. The number of nitrogens with one attached hydrogen (secondary N) is 2. The molecule has 0 aromatic heterocycles. The molecule has 1 amide bonds. The van der Waals surface area contributed by atoms with Crippen molar-refractivity contribution in [3.8, 4) is 5.75 Å². The van der Waals surface area contributed by atoms with Crippen molar-refractivity contribution in [1.29, 1.82) is 0 Å². The average Bonchev–Trinajstić information content (AvgIpc) is 2.85. The molecule has 1 aliphatic rings. The number of rotatable bonds is 4. The standard InChI is InChI=1S/C16H24N2O2/c1-10-5-6-15(20-4)13(7-10)12(3)18-16(19)14-9-17-8-11(14)2/h5-7,11-12,14,17H,8-9H2,1-4H3,(H,18,19). The van der Waals surface area contributed by atoms with Crippen LogP contribution >= 0.6 is 0 Å². The van der Waals surface area contributed by atoms with Gasteiger partial charge in [0.05, 0.1) is 19.1 Å². The maximum atomic E-state index is 12.3. The first-order valence-corrected chi connectivity index (χ1v) is 7.18. The minimum Gasteiger partial charge on any atom is -0.496 e. The number of hydrogen-bond donors (Lipinski definition) is 2. The van der Waals surface area contributed by atoms with Crippen LogP contribution in [0.2, 0.25) is 0 Å². The van der Waals surface area contributed by atoms with Crippen LogP contribution in [0.3, 0.4) is 0 Å². The Morgan fingerprint density at radius 3 is 2.80 bits per heavy atom. The predicted octanol–water partition coefficient (Wildman–Crippen LogP) is 2.04. The van der Waals surface area contributed by atoms with E-state index in [9.17, 15) is 4.79 Å². The molecule has 0 aliphatic carbocycles. The van der Waals surface area contributed by atoms with Gasteiger partial charge in [-0.25, -0.2) is 0 Å². The zero-order chi connectivity index (χ0) is 14.7. The number of hydrogen-bond acceptors (Lipinski definition) is 3. The van der Waals surface area contributed by atoms with Crippen molar-refractivity contribution in [2.24, 2.45) is 11.8 Å². The maximum absolute atomic E-state index is 12.3.